The summed E-state index contributed by atoms with van der Waals surface area (Å²) < 4.78 is 49.8. The summed E-state index contributed by atoms with van der Waals surface area (Å²) in [6.07, 6.45) is -3.15. The second-order valence-corrected chi connectivity index (χ2v) is 4.64. The van der Waals surface area contributed by atoms with E-state index in [1.807, 2.05) is 0 Å². The van der Waals surface area contributed by atoms with E-state index >= 15 is 0 Å². The zero-order valence-corrected chi connectivity index (χ0v) is 12.5. The van der Waals surface area contributed by atoms with Crippen molar-refractivity contribution in [1.82, 2.24) is 0 Å². The number of ether oxygens (including phenoxy) is 2. The minimum Gasteiger partial charge on any atom is -0.392 e. The molecule has 0 unspecified atom stereocenters. The highest BCUT2D eigenvalue weighted by Gasteiger charge is 2.58. The molecule has 7 heteroatoms. The van der Waals surface area contributed by atoms with Crippen molar-refractivity contribution >= 4 is 6.08 Å². The van der Waals surface area contributed by atoms with Crippen molar-refractivity contribution in [3.8, 4) is 0 Å². The maximum Gasteiger partial charge on any atom is 0.424 e. The Balaban J connectivity index is 3.14. The molecule has 1 aromatic carbocycles. The molecule has 4 nitrogen and oxygen atoms in total. The van der Waals surface area contributed by atoms with E-state index in [1.165, 1.54) is 13.2 Å². The van der Waals surface area contributed by atoms with Crippen molar-refractivity contribution in [2.45, 2.75) is 17.9 Å². The number of aliphatic hydroxyl groups excluding tert-OH is 2. The molecule has 0 spiro atoms. The van der Waals surface area contributed by atoms with Crippen molar-refractivity contribution in [3.05, 3.63) is 54.1 Å². The average molecular weight is 332 g/mol. The molecular weight excluding hydrogens is 313 g/mol. The van der Waals surface area contributed by atoms with Gasteiger partial charge >= 0.3 is 6.18 Å². The minimum atomic E-state index is -4.92. The first-order valence-electron chi connectivity index (χ1n) is 6.77. The number of halogens is 3. The quantitative estimate of drug-likeness (QED) is 0.567. The maximum absolute atomic E-state index is 13.5. The SMILES string of the molecule is COCO[C@](/C=C\CO)([C@H](O)/C=C/c1ccccc1)C(F)(F)F. The van der Waals surface area contributed by atoms with Crippen molar-refractivity contribution in [1.29, 1.82) is 0 Å². The van der Waals surface area contributed by atoms with E-state index in [-0.39, 0.29) is 0 Å². The summed E-state index contributed by atoms with van der Waals surface area (Å²) in [4.78, 5) is 0. The largest absolute Gasteiger partial charge is 0.424 e. The van der Waals surface area contributed by atoms with Crippen LogP contribution in [0.25, 0.3) is 6.08 Å². The molecule has 0 aliphatic rings. The topological polar surface area (TPSA) is 58.9 Å². The van der Waals surface area contributed by atoms with E-state index in [4.69, 9.17) is 9.84 Å². The molecule has 0 saturated carbocycles. The Labute approximate surface area is 132 Å². The molecule has 1 aromatic rings. The maximum atomic E-state index is 13.5. The van der Waals surface area contributed by atoms with Crippen LogP contribution in [-0.4, -0.2) is 48.6 Å². The molecule has 0 radical (unpaired) electrons. The summed E-state index contributed by atoms with van der Waals surface area (Å²) in [6, 6.07) is 8.56. The van der Waals surface area contributed by atoms with Crippen LogP contribution in [0.1, 0.15) is 5.56 Å². The number of rotatable bonds is 8. The van der Waals surface area contributed by atoms with Gasteiger partial charge in [0.2, 0.25) is 5.60 Å². The Kier molecular flexibility index (Phi) is 7.44. The Morgan fingerprint density at radius 1 is 1.22 bits per heavy atom. The van der Waals surface area contributed by atoms with Gasteiger partial charge in [0, 0.05) is 7.11 Å². The van der Waals surface area contributed by atoms with Crippen LogP contribution in [0.15, 0.2) is 48.6 Å². The van der Waals surface area contributed by atoms with Crippen LogP contribution < -0.4 is 0 Å². The highest BCUT2D eigenvalue weighted by Crippen LogP contribution is 2.38. The van der Waals surface area contributed by atoms with Crippen LogP contribution >= 0.6 is 0 Å². The van der Waals surface area contributed by atoms with Crippen molar-refractivity contribution in [3.63, 3.8) is 0 Å². The molecule has 0 fully saturated rings. The highest BCUT2D eigenvalue weighted by atomic mass is 19.4. The van der Waals surface area contributed by atoms with Gasteiger partial charge in [-0.25, -0.2) is 0 Å². The summed E-state index contributed by atoms with van der Waals surface area (Å²) in [5.74, 6) is 0. The van der Waals surface area contributed by atoms with Gasteiger partial charge in [-0.1, -0.05) is 48.6 Å². The monoisotopic (exact) mass is 332 g/mol. The number of hydrogen-bond acceptors (Lipinski definition) is 4. The smallest absolute Gasteiger partial charge is 0.392 e. The molecule has 2 N–H and O–H groups in total. The molecular formula is C16H19F3O4. The third-order valence-corrected chi connectivity index (χ3v) is 3.04. The molecule has 0 aliphatic heterocycles. The second kappa shape index (κ2) is 8.83. The fourth-order valence-corrected chi connectivity index (χ4v) is 1.87. The number of hydrogen-bond donors (Lipinski definition) is 2. The fourth-order valence-electron chi connectivity index (χ4n) is 1.87. The lowest BCUT2D eigenvalue weighted by molar-refractivity contribution is -0.296. The summed E-state index contributed by atoms with van der Waals surface area (Å²) >= 11 is 0. The number of benzene rings is 1. The highest BCUT2D eigenvalue weighted by molar-refractivity contribution is 5.50. The predicted octanol–water partition coefficient (Wildman–Crippen LogP) is 2.53. The predicted molar refractivity (Wildman–Crippen MR) is 79.5 cm³/mol. The van der Waals surface area contributed by atoms with Crippen molar-refractivity contribution < 1.29 is 32.9 Å². The van der Waals surface area contributed by atoms with Crippen LogP contribution in [0, 0.1) is 0 Å². The zero-order valence-electron chi connectivity index (χ0n) is 12.5. The lowest BCUT2D eigenvalue weighted by Gasteiger charge is -2.35. The number of alkyl halides is 3. The molecule has 0 bridgehead atoms. The first kappa shape index (κ1) is 19.4. The molecule has 0 aromatic heterocycles. The van der Waals surface area contributed by atoms with Gasteiger partial charge in [-0.05, 0) is 11.6 Å². The molecule has 0 aliphatic carbocycles. The summed E-state index contributed by atoms with van der Waals surface area (Å²) in [6.45, 7) is -1.30. The van der Waals surface area contributed by atoms with Gasteiger partial charge in [-0.15, -0.1) is 0 Å². The van der Waals surface area contributed by atoms with Gasteiger partial charge in [0.15, 0.2) is 0 Å². The first-order valence-corrected chi connectivity index (χ1v) is 6.77. The normalized spacial score (nSPS) is 16.8. The zero-order chi connectivity index (χ0) is 17.3. The van der Waals surface area contributed by atoms with E-state index in [0.29, 0.717) is 11.6 Å². The van der Waals surface area contributed by atoms with Crippen molar-refractivity contribution in [2.75, 3.05) is 20.5 Å². The molecule has 2 atom stereocenters. The minimum absolute atomic E-state index is 0.589. The van der Waals surface area contributed by atoms with Gasteiger partial charge in [-0.3, -0.25) is 0 Å². The van der Waals surface area contributed by atoms with E-state index < -0.39 is 31.3 Å². The van der Waals surface area contributed by atoms with Crippen LogP contribution in [0.3, 0.4) is 0 Å². The van der Waals surface area contributed by atoms with Gasteiger partial charge in [0.25, 0.3) is 0 Å². The molecule has 0 saturated heterocycles. The van der Waals surface area contributed by atoms with Crippen molar-refractivity contribution in [2.24, 2.45) is 0 Å². The molecule has 1 rings (SSSR count). The van der Waals surface area contributed by atoms with Crippen LogP contribution in [0.2, 0.25) is 0 Å². The van der Waals surface area contributed by atoms with Gasteiger partial charge in [0.1, 0.15) is 12.9 Å². The average Bonchev–Trinajstić information content (AvgIpc) is 2.53. The van der Waals surface area contributed by atoms with Gasteiger partial charge in [0.05, 0.1) is 6.61 Å². The van der Waals surface area contributed by atoms with E-state index in [1.54, 1.807) is 30.3 Å². The standard InChI is InChI=1S/C16H19F3O4/c1-22-12-23-15(10-5-11-20,16(17,18)19)14(21)9-8-13-6-3-2-4-7-13/h2-10,14,20-21H,11-12H2,1H3/b9-8+,10-5-/t14-,15-/m1/s1. The lowest BCUT2D eigenvalue weighted by atomic mass is 9.93. The summed E-state index contributed by atoms with van der Waals surface area (Å²) in [5.41, 5.74) is -2.39. The second-order valence-electron chi connectivity index (χ2n) is 4.64. The molecule has 0 amide bonds. The van der Waals surface area contributed by atoms with E-state index in [9.17, 15) is 18.3 Å². The molecule has 128 valence electrons. The van der Waals surface area contributed by atoms with Gasteiger partial charge in [-0.2, -0.15) is 13.2 Å². The number of methoxy groups -OCH3 is 1. The van der Waals surface area contributed by atoms with E-state index in [0.717, 1.165) is 12.2 Å². The lowest BCUT2D eigenvalue weighted by Crippen LogP contribution is -2.54. The van der Waals surface area contributed by atoms with E-state index in [2.05, 4.69) is 4.74 Å². The summed E-state index contributed by atoms with van der Waals surface area (Å²) in [5, 5.41) is 18.9. The molecule has 0 heterocycles. The third-order valence-electron chi connectivity index (χ3n) is 3.04. The van der Waals surface area contributed by atoms with Gasteiger partial charge < -0.3 is 19.7 Å². The van der Waals surface area contributed by atoms with Crippen LogP contribution in [0.5, 0.6) is 0 Å². The first-order chi connectivity index (χ1) is 10.9. The Morgan fingerprint density at radius 3 is 2.39 bits per heavy atom. The number of aliphatic hydroxyl groups is 2. The summed E-state index contributed by atoms with van der Waals surface area (Å²) in [7, 11) is 1.17. The van der Waals surface area contributed by atoms with Crippen LogP contribution in [-0.2, 0) is 9.47 Å². The van der Waals surface area contributed by atoms with Crippen LogP contribution in [0.4, 0.5) is 13.2 Å². The molecule has 23 heavy (non-hydrogen) atoms. The Hall–Kier alpha value is -1.67. The third kappa shape index (κ3) is 5.18. The fraction of sp³-hybridized carbons (Fsp3) is 0.375. The Bertz CT molecular complexity index is 514. The Morgan fingerprint density at radius 2 is 1.87 bits per heavy atom.